The summed E-state index contributed by atoms with van der Waals surface area (Å²) in [6.45, 7) is 3.05. The highest BCUT2D eigenvalue weighted by molar-refractivity contribution is 6.99. The van der Waals surface area contributed by atoms with Gasteiger partial charge < -0.3 is 5.32 Å². The topological polar surface area (TPSA) is 37.8 Å². The van der Waals surface area contributed by atoms with E-state index in [0.29, 0.717) is 0 Å². The Hall–Kier alpha value is -1.26. The Labute approximate surface area is 118 Å². The third-order valence-corrected chi connectivity index (χ3v) is 4.40. The maximum atomic E-state index is 4.39. The van der Waals surface area contributed by atoms with Crippen molar-refractivity contribution in [3.63, 3.8) is 0 Å². The van der Waals surface area contributed by atoms with E-state index < -0.39 is 0 Å². The van der Waals surface area contributed by atoms with Crippen LogP contribution in [0.1, 0.15) is 55.0 Å². The van der Waals surface area contributed by atoms with Gasteiger partial charge in [-0.25, -0.2) is 0 Å². The van der Waals surface area contributed by atoms with Crippen molar-refractivity contribution in [2.24, 2.45) is 0 Å². The molecule has 2 aromatic rings. The first kappa shape index (κ1) is 12.8. The van der Waals surface area contributed by atoms with Crippen molar-refractivity contribution in [1.82, 2.24) is 14.1 Å². The van der Waals surface area contributed by atoms with Crippen molar-refractivity contribution in [3.8, 4) is 0 Å². The molecule has 1 saturated carbocycles. The Morgan fingerprint density at radius 3 is 2.95 bits per heavy atom. The van der Waals surface area contributed by atoms with Crippen molar-refractivity contribution in [3.05, 3.63) is 47.3 Å². The van der Waals surface area contributed by atoms with Crippen LogP contribution in [-0.4, -0.2) is 15.3 Å². The lowest BCUT2D eigenvalue weighted by molar-refractivity contribution is 0.419. The Morgan fingerprint density at radius 1 is 1.42 bits per heavy atom. The average Bonchev–Trinajstić information content (AvgIpc) is 2.88. The molecule has 0 spiro atoms. The highest BCUT2D eigenvalue weighted by Crippen LogP contribution is 2.37. The van der Waals surface area contributed by atoms with Gasteiger partial charge in [0.25, 0.3) is 0 Å². The largest absolute Gasteiger partial charge is 0.305 e. The van der Waals surface area contributed by atoms with E-state index in [-0.39, 0.29) is 6.04 Å². The van der Waals surface area contributed by atoms with Crippen LogP contribution in [0.4, 0.5) is 0 Å². The molecule has 1 heterocycles. The number of benzene rings is 1. The van der Waals surface area contributed by atoms with Crippen LogP contribution in [-0.2, 0) is 0 Å². The maximum Gasteiger partial charge on any atom is 0.0957 e. The molecule has 3 nitrogen and oxygen atoms in total. The van der Waals surface area contributed by atoms with E-state index in [9.17, 15) is 0 Å². The molecule has 0 saturated heterocycles. The molecule has 1 aliphatic rings. The van der Waals surface area contributed by atoms with Gasteiger partial charge in [0.15, 0.2) is 0 Å². The smallest absolute Gasteiger partial charge is 0.0957 e. The first-order chi connectivity index (χ1) is 9.38. The van der Waals surface area contributed by atoms with Gasteiger partial charge in [-0.1, -0.05) is 37.6 Å². The third kappa shape index (κ3) is 2.69. The second-order valence-electron chi connectivity index (χ2n) is 5.12. The van der Waals surface area contributed by atoms with E-state index in [0.717, 1.165) is 18.2 Å². The van der Waals surface area contributed by atoms with Gasteiger partial charge in [-0.15, -0.1) is 0 Å². The number of hydrogen-bond acceptors (Lipinski definition) is 4. The minimum Gasteiger partial charge on any atom is -0.305 e. The molecular formula is C15H19N3S. The Bertz CT molecular complexity index is 520. The molecule has 0 bridgehead atoms. The fraction of sp³-hybridized carbons (Fsp3) is 0.467. The van der Waals surface area contributed by atoms with Crippen LogP contribution < -0.4 is 5.32 Å². The molecule has 19 heavy (non-hydrogen) atoms. The molecule has 3 rings (SSSR count). The predicted molar refractivity (Wildman–Crippen MR) is 78.5 cm³/mol. The van der Waals surface area contributed by atoms with Crippen LogP contribution >= 0.6 is 11.7 Å². The Morgan fingerprint density at radius 2 is 2.32 bits per heavy atom. The van der Waals surface area contributed by atoms with E-state index in [2.05, 4.69) is 45.3 Å². The molecule has 1 unspecified atom stereocenters. The predicted octanol–water partition coefficient (Wildman–Crippen LogP) is 3.50. The molecule has 4 heteroatoms. The number of nitrogens with zero attached hydrogens (tertiary/aromatic N) is 2. The number of nitrogens with one attached hydrogen (secondary N) is 1. The molecule has 0 amide bonds. The van der Waals surface area contributed by atoms with Gasteiger partial charge in [-0.05, 0) is 36.4 Å². The van der Waals surface area contributed by atoms with Crippen LogP contribution in [0, 0.1) is 0 Å². The first-order valence-electron chi connectivity index (χ1n) is 6.99. The van der Waals surface area contributed by atoms with Crippen molar-refractivity contribution < 1.29 is 0 Å². The zero-order valence-corrected chi connectivity index (χ0v) is 12.0. The molecule has 1 aromatic heterocycles. The molecule has 0 aliphatic heterocycles. The van der Waals surface area contributed by atoms with Gasteiger partial charge in [0.1, 0.15) is 0 Å². The van der Waals surface area contributed by atoms with Crippen molar-refractivity contribution >= 4 is 11.7 Å². The second kappa shape index (κ2) is 5.80. The molecular weight excluding hydrogens is 254 g/mol. The zero-order chi connectivity index (χ0) is 13.1. The van der Waals surface area contributed by atoms with E-state index in [1.807, 2.05) is 6.20 Å². The molecule has 1 aliphatic carbocycles. The Balaban J connectivity index is 1.89. The highest BCUT2D eigenvalue weighted by Gasteiger charge is 2.21. The molecule has 0 radical (unpaired) electrons. The highest BCUT2D eigenvalue weighted by atomic mass is 32.1. The summed E-state index contributed by atoms with van der Waals surface area (Å²) in [6.07, 6.45) is 5.93. The summed E-state index contributed by atoms with van der Waals surface area (Å²) in [5, 5.41) is 3.51. The van der Waals surface area contributed by atoms with Gasteiger partial charge in [0, 0.05) is 0 Å². The van der Waals surface area contributed by atoms with E-state index in [4.69, 9.17) is 0 Å². The molecule has 1 N–H and O–H groups in total. The number of hydrogen-bond donors (Lipinski definition) is 1. The van der Waals surface area contributed by atoms with Gasteiger partial charge >= 0.3 is 0 Å². The SMILES string of the molecule is CCNC(c1cccc(C2CCC2)c1)c1cnsn1. The lowest BCUT2D eigenvalue weighted by atomic mass is 9.79. The van der Waals surface area contributed by atoms with Crippen LogP contribution in [0.15, 0.2) is 30.5 Å². The summed E-state index contributed by atoms with van der Waals surface area (Å²) in [6, 6.07) is 9.14. The minimum absolute atomic E-state index is 0.170. The summed E-state index contributed by atoms with van der Waals surface area (Å²) in [5.41, 5.74) is 3.81. The quantitative estimate of drug-likeness (QED) is 0.906. The van der Waals surface area contributed by atoms with Gasteiger partial charge in [0.05, 0.1) is 29.7 Å². The van der Waals surface area contributed by atoms with Crippen LogP contribution in [0.25, 0.3) is 0 Å². The first-order valence-corrected chi connectivity index (χ1v) is 7.72. The third-order valence-electron chi connectivity index (χ3n) is 3.90. The van der Waals surface area contributed by atoms with Gasteiger partial charge in [0.2, 0.25) is 0 Å². The van der Waals surface area contributed by atoms with E-state index in [1.54, 1.807) is 0 Å². The molecule has 100 valence electrons. The Kier molecular flexibility index (Phi) is 3.89. The lowest BCUT2D eigenvalue weighted by Gasteiger charge is -2.27. The summed E-state index contributed by atoms with van der Waals surface area (Å²) in [4.78, 5) is 0. The summed E-state index contributed by atoms with van der Waals surface area (Å²) >= 11 is 1.27. The fourth-order valence-corrected chi connectivity index (χ4v) is 3.08. The lowest BCUT2D eigenvalue weighted by Crippen LogP contribution is -2.22. The molecule has 1 fully saturated rings. The van der Waals surface area contributed by atoms with Crippen molar-refractivity contribution in [2.45, 2.75) is 38.1 Å². The summed E-state index contributed by atoms with van der Waals surface area (Å²) < 4.78 is 8.51. The number of aromatic nitrogens is 2. The fourth-order valence-electron chi connectivity index (χ4n) is 2.63. The van der Waals surface area contributed by atoms with Crippen LogP contribution in [0.3, 0.4) is 0 Å². The average molecular weight is 273 g/mol. The van der Waals surface area contributed by atoms with E-state index >= 15 is 0 Å². The second-order valence-corrected chi connectivity index (χ2v) is 5.68. The summed E-state index contributed by atoms with van der Waals surface area (Å²) in [7, 11) is 0. The number of rotatable bonds is 5. The zero-order valence-electron chi connectivity index (χ0n) is 11.2. The normalized spacial score (nSPS) is 17.1. The van der Waals surface area contributed by atoms with Gasteiger partial charge in [-0.3, -0.25) is 0 Å². The monoisotopic (exact) mass is 273 g/mol. The summed E-state index contributed by atoms with van der Waals surface area (Å²) in [5.74, 6) is 0.774. The maximum absolute atomic E-state index is 4.39. The van der Waals surface area contributed by atoms with Crippen molar-refractivity contribution in [1.29, 1.82) is 0 Å². The van der Waals surface area contributed by atoms with Crippen LogP contribution in [0.2, 0.25) is 0 Å². The minimum atomic E-state index is 0.170. The molecule has 1 atom stereocenters. The standard InChI is InChI=1S/C15H19N3S/c1-2-16-15(14-10-17-19-18-14)13-8-4-7-12(9-13)11-5-3-6-11/h4,7-11,15-16H,2-3,5-6H2,1H3. The van der Waals surface area contributed by atoms with E-state index in [1.165, 1.54) is 42.1 Å². The molecule has 1 aromatic carbocycles. The van der Waals surface area contributed by atoms with Crippen molar-refractivity contribution in [2.75, 3.05) is 6.54 Å². The van der Waals surface area contributed by atoms with Crippen LogP contribution in [0.5, 0.6) is 0 Å². The van der Waals surface area contributed by atoms with Gasteiger partial charge in [-0.2, -0.15) is 8.75 Å².